The summed E-state index contributed by atoms with van der Waals surface area (Å²) >= 11 is 0. The lowest BCUT2D eigenvalue weighted by molar-refractivity contribution is -0.137. The molecule has 0 saturated carbocycles. The topological polar surface area (TPSA) is 72.5 Å². The molecular formula is C11H14FNO3. The van der Waals surface area contributed by atoms with Crippen LogP contribution in [0.2, 0.25) is 0 Å². The van der Waals surface area contributed by atoms with Crippen LogP contribution in [0, 0.1) is 5.82 Å². The number of ether oxygens (including phenoxy) is 1. The zero-order chi connectivity index (χ0) is 12.1. The normalized spacial score (nSPS) is 12.2. The van der Waals surface area contributed by atoms with Crippen molar-refractivity contribution in [3.8, 4) is 5.75 Å². The lowest BCUT2D eigenvalue weighted by Crippen LogP contribution is -2.12. The molecule has 0 fully saturated rings. The molecule has 0 aromatic heterocycles. The van der Waals surface area contributed by atoms with Gasteiger partial charge >= 0.3 is 5.97 Å². The van der Waals surface area contributed by atoms with Gasteiger partial charge in [0.05, 0.1) is 7.11 Å². The highest BCUT2D eigenvalue weighted by Crippen LogP contribution is 2.22. The van der Waals surface area contributed by atoms with Crippen LogP contribution in [0.4, 0.5) is 4.39 Å². The van der Waals surface area contributed by atoms with Crippen LogP contribution in [-0.2, 0) is 4.79 Å². The van der Waals surface area contributed by atoms with Gasteiger partial charge in [0.15, 0.2) is 11.6 Å². The summed E-state index contributed by atoms with van der Waals surface area (Å²) in [6, 6.07) is 3.90. The van der Waals surface area contributed by atoms with Crippen LogP contribution >= 0.6 is 0 Å². The average molecular weight is 227 g/mol. The summed E-state index contributed by atoms with van der Waals surface area (Å²) in [7, 11) is 1.38. The average Bonchev–Trinajstić information content (AvgIpc) is 2.25. The predicted molar refractivity (Wildman–Crippen MR) is 56.8 cm³/mol. The number of carbonyl (C=O) groups is 1. The highest BCUT2D eigenvalue weighted by Gasteiger charge is 2.11. The zero-order valence-corrected chi connectivity index (χ0v) is 8.94. The van der Waals surface area contributed by atoms with Crippen LogP contribution < -0.4 is 10.5 Å². The Morgan fingerprint density at radius 1 is 1.62 bits per heavy atom. The molecule has 0 aliphatic rings. The summed E-state index contributed by atoms with van der Waals surface area (Å²) in [5.74, 6) is -1.26. The van der Waals surface area contributed by atoms with Gasteiger partial charge in [0, 0.05) is 12.5 Å². The number of carboxylic acids is 1. The second-order valence-corrected chi connectivity index (χ2v) is 3.43. The number of hydrogen-bond acceptors (Lipinski definition) is 3. The molecule has 1 rings (SSSR count). The molecule has 1 aromatic carbocycles. The molecule has 0 heterocycles. The molecule has 5 heteroatoms. The van der Waals surface area contributed by atoms with Gasteiger partial charge in [-0.05, 0) is 24.1 Å². The van der Waals surface area contributed by atoms with Crippen molar-refractivity contribution >= 4 is 5.97 Å². The lowest BCUT2D eigenvalue weighted by atomic mass is 10.0. The minimum Gasteiger partial charge on any atom is -0.494 e. The Morgan fingerprint density at radius 2 is 2.31 bits per heavy atom. The first-order valence-electron chi connectivity index (χ1n) is 4.85. The van der Waals surface area contributed by atoms with E-state index in [1.54, 1.807) is 6.07 Å². The van der Waals surface area contributed by atoms with Gasteiger partial charge in [0.1, 0.15) is 0 Å². The van der Waals surface area contributed by atoms with E-state index in [0.29, 0.717) is 5.56 Å². The minimum absolute atomic E-state index is 0.0329. The van der Waals surface area contributed by atoms with Gasteiger partial charge < -0.3 is 15.6 Å². The highest BCUT2D eigenvalue weighted by molar-refractivity contribution is 5.66. The van der Waals surface area contributed by atoms with Crippen molar-refractivity contribution in [2.24, 2.45) is 5.73 Å². The van der Waals surface area contributed by atoms with Crippen molar-refractivity contribution in [1.82, 2.24) is 0 Å². The molecule has 16 heavy (non-hydrogen) atoms. The Balaban J connectivity index is 2.72. The quantitative estimate of drug-likeness (QED) is 0.803. The van der Waals surface area contributed by atoms with E-state index in [2.05, 4.69) is 0 Å². The number of benzene rings is 1. The zero-order valence-electron chi connectivity index (χ0n) is 8.94. The Kier molecular flexibility index (Phi) is 4.25. The first kappa shape index (κ1) is 12.4. The van der Waals surface area contributed by atoms with E-state index < -0.39 is 17.8 Å². The van der Waals surface area contributed by atoms with Crippen LogP contribution in [-0.4, -0.2) is 18.2 Å². The molecule has 1 aromatic rings. The molecule has 0 saturated heterocycles. The monoisotopic (exact) mass is 227 g/mol. The molecule has 4 nitrogen and oxygen atoms in total. The fraction of sp³-hybridized carbons (Fsp3) is 0.364. The maximum absolute atomic E-state index is 13.3. The summed E-state index contributed by atoms with van der Waals surface area (Å²) in [4.78, 5) is 10.4. The van der Waals surface area contributed by atoms with E-state index in [0.717, 1.165) is 0 Å². The minimum atomic E-state index is -0.913. The summed E-state index contributed by atoms with van der Waals surface area (Å²) < 4.78 is 18.1. The lowest BCUT2D eigenvalue weighted by Gasteiger charge is -2.11. The van der Waals surface area contributed by atoms with E-state index in [-0.39, 0.29) is 18.6 Å². The first-order chi connectivity index (χ1) is 7.54. The second-order valence-electron chi connectivity index (χ2n) is 3.43. The highest BCUT2D eigenvalue weighted by atomic mass is 19.1. The summed E-state index contributed by atoms with van der Waals surface area (Å²) in [5.41, 5.74) is 6.30. The SMILES string of the molecule is COc1ccc(C(N)CCC(=O)O)cc1F. The van der Waals surface area contributed by atoms with Crippen LogP contribution in [0.15, 0.2) is 18.2 Å². The third-order valence-electron chi connectivity index (χ3n) is 2.27. The standard InChI is InChI=1S/C11H14FNO3/c1-16-10-4-2-7(6-8(10)12)9(13)3-5-11(14)15/h2,4,6,9H,3,5,13H2,1H3,(H,14,15). The number of rotatable bonds is 5. The van der Waals surface area contributed by atoms with Crippen LogP contribution in [0.3, 0.4) is 0 Å². The molecule has 0 amide bonds. The molecule has 88 valence electrons. The van der Waals surface area contributed by atoms with Crippen LogP contribution in [0.25, 0.3) is 0 Å². The molecule has 0 aliphatic heterocycles. The first-order valence-corrected chi connectivity index (χ1v) is 4.85. The number of aliphatic carboxylic acids is 1. The molecule has 0 spiro atoms. The van der Waals surface area contributed by atoms with Crippen molar-refractivity contribution in [3.63, 3.8) is 0 Å². The van der Waals surface area contributed by atoms with Gasteiger partial charge in [0.2, 0.25) is 0 Å². The van der Waals surface area contributed by atoms with Gasteiger partial charge in [-0.3, -0.25) is 4.79 Å². The van der Waals surface area contributed by atoms with Crippen molar-refractivity contribution in [2.45, 2.75) is 18.9 Å². The van der Waals surface area contributed by atoms with Gasteiger partial charge in [-0.25, -0.2) is 4.39 Å². The van der Waals surface area contributed by atoms with E-state index in [9.17, 15) is 9.18 Å². The van der Waals surface area contributed by atoms with Crippen LogP contribution in [0.1, 0.15) is 24.4 Å². The molecule has 0 bridgehead atoms. The summed E-state index contributed by atoms with van der Waals surface area (Å²) in [5, 5.41) is 8.50. The summed E-state index contributed by atoms with van der Waals surface area (Å²) in [6.45, 7) is 0. The van der Waals surface area contributed by atoms with Crippen molar-refractivity contribution < 1.29 is 19.0 Å². The molecular weight excluding hydrogens is 213 g/mol. The van der Waals surface area contributed by atoms with Crippen molar-refractivity contribution in [3.05, 3.63) is 29.6 Å². The van der Waals surface area contributed by atoms with Gasteiger partial charge in [-0.15, -0.1) is 0 Å². The fourth-order valence-electron chi connectivity index (χ4n) is 1.36. The Morgan fingerprint density at radius 3 is 2.81 bits per heavy atom. The molecule has 1 atom stereocenters. The van der Waals surface area contributed by atoms with Crippen LogP contribution in [0.5, 0.6) is 5.75 Å². The molecule has 3 N–H and O–H groups in total. The van der Waals surface area contributed by atoms with Crippen molar-refractivity contribution in [2.75, 3.05) is 7.11 Å². The third-order valence-corrected chi connectivity index (χ3v) is 2.27. The molecule has 1 unspecified atom stereocenters. The molecule has 0 radical (unpaired) electrons. The van der Waals surface area contributed by atoms with Gasteiger partial charge in [-0.2, -0.15) is 0 Å². The smallest absolute Gasteiger partial charge is 0.303 e. The Bertz CT molecular complexity index is 381. The number of halogens is 1. The number of nitrogens with two attached hydrogens (primary N) is 1. The van der Waals surface area contributed by atoms with E-state index in [1.807, 2.05) is 0 Å². The van der Waals surface area contributed by atoms with E-state index >= 15 is 0 Å². The Hall–Kier alpha value is -1.62. The van der Waals surface area contributed by atoms with Gasteiger partial charge in [-0.1, -0.05) is 6.07 Å². The largest absolute Gasteiger partial charge is 0.494 e. The van der Waals surface area contributed by atoms with E-state index in [4.69, 9.17) is 15.6 Å². The van der Waals surface area contributed by atoms with Crippen molar-refractivity contribution in [1.29, 1.82) is 0 Å². The fourth-order valence-corrected chi connectivity index (χ4v) is 1.36. The maximum atomic E-state index is 13.3. The third kappa shape index (κ3) is 3.20. The second kappa shape index (κ2) is 5.46. The number of methoxy groups -OCH3 is 1. The number of carboxylic acid groups (broad SMARTS) is 1. The van der Waals surface area contributed by atoms with Gasteiger partial charge in [0.25, 0.3) is 0 Å². The van der Waals surface area contributed by atoms with E-state index in [1.165, 1.54) is 19.2 Å². The molecule has 0 aliphatic carbocycles. The number of hydrogen-bond donors (Lipinski definition) is 2. The Labute approximate surface area is 92.8 Å². The summed E-state index contributed by atoms with van der Waals surface area (Å²) in [6.07, 6.45) is 0.246. The maximum Gasteiger partial charge on any atom is 0.303 e. The predicted octanol–water partition coefficient (Wildman–Crippen LogP) is 1.70.